The minimum absolute atomic E-state index is 0.137. The third-order valence-corrected chi connectivity index (χ3v) is 3.73. The summed E-state index contributed by atoms with van der Waals surface area (Å²) in [5.41, 5.74) is 6.11. The van der Waals surface area contributed by atoms with E-state index in [-0.39, 0.29) is 16.4 Å². The first kappa shape index (κ1) is 19.4. The summed E-state index contributed by atoms with van der Waals surface area (Å²) in [5, 5.41) is 14.5. The molecule has 0 spiro atoms. The van der Waals surface area contributed by atoms with Crippen molar-refractivity contribution in [3.8, 4) is 0 Å². The molecule has 136 valence electrons. The van der Waals surface area contributed by atoms with E-state index in [0.717, 1.165) is 0 Å². The van der Waals surface area contributed by atoms with Gasteiger partial charge in [-0.25, -0.2) is 0 Å². The maximum absolute atomic E-state index is 12.4. The van der Waals surface area contributed by atoms with Gasteiger partial charge in [-0.3, -0.25) is 25.8 Å². The van der Waals surface area contributed by atoms with Crippen molar-refractivity contribution in [2.24, 2.45) is 0 Å². The number of nitro groups is 1. The number of halogens is 1. The number of hydrogen-bond donors (Lipinski definition) is 3. The minimum Gasteiger partial charge on any atom is -0.377 e. The predicted octanol–water partition coefficient (Wildman–Crippen LogP) is 2.95. The van der Waals surface area contributed by atoms with E-state index < -0.39 is 10.8 Å². The number of nitro benzene ring substituents is 1. The molecular weight excluding hydrogens is 378 g/mol. The van der Waals surface area contributed by atoms with E-state index in [1.54, 1.807) is 43.3 Å². The zero-order valence-electron chi connectivity index (χ0n) is 13.9. The summed E-state index contributed by atoms with van der Waals surface area (Å²) in [6, 6.07) is 10.9. The van der Waals surface area contributed by atoms with Gasteiger partial charge < -0.3 is 10.2 Å². The van der Waals surface area contributed by atoms with Gasteiger partial charge in [0.2, 0.25) is 0 Å². The zero-order chi connectivity index (χ0) is 19.3. The smallest absolute Gasteiger partial charge is 0.272 e. The van der Waals surface area contributed by atoms with Gasteiger partial charge in [0.1, 0.15) is 0 Å². The third kappa shape index (κ3) is 5.04. The molecule has 1 amide bonds. The van der Waals surface area contributed by atoms with Crippen molar-refractivity contribution in [3.05, 3.63) is 63.2 Å². The molecule has 10 heteroatoms. The second-order valence-corrected chi connectivity index (χ2v) is 6.24. The summed E-state index contributed by atoms with van der Waals surface area (Å²) in [7, 11) is 3.47. The van der Waals surface area contributed by atoms with Gasteiger partial charge in [-0.05, 0) is 36.5 Å². The number of hydrazine groups is 1. The van der Waals surface area contributed by atoms with Crippen LogP contribution in [-0.2, 0) is 0 Å². The standard InChI is InChI=1S/C16H16ClN5O3S/c1-21(2)14-7-6-12(22(24)25)9-13(14)15(23)19-20-16(26)18-11-5-3-4-10(17)8-11/h3-9H,1-2H3,(H,19,23)(H2,18,20,26). The molecule has 0 bridgehead atoms. The average Bonchev–Trinajstić information content (AvgIpc) is 2.59. The Bertz CT molecular complexity index is 860. The fourth-order valence-electron chi connectivity index (χ4n) is 2.12. The van der Waals surface area contributed by atoms with Gasteiger partial charge in [0.05, 0.1) is 10.5 Å². The summed E-state index contributed by atoms with van der Waals surface area (Å²) < 4.78 is 0. The molecule has 26 heavy (non-hydrogen) atoms. The highest BCUT2D eigenvalue weighted by atomic mass is 35.5. The molecule has 2 aromatic rings. The molecule has 0 unspecified atom stereocenters. The SMILES string of the molecule is CN(C)c1ccc([N+](=O)[O-])cc1C(=O)NNC(=S)Nc1cccc(Cl)c1. The first-order valence-electron chi connectivity index (χ1n) is 7.36. The average molecular weight is 394 g/mol. The van der Waals surface area contributed by atoms with Crippen LogP contribution in [0.5, 0.6) is 0 Å². The van der Waals surface area contributed by atoms with Crippen molar-refractivity contribution in [3.63, 3.8) is 0 Å². The lowest BCUT2D eigenvalue weighted by molar-refractivity contribution is -0.384. The second-order valence-electron chi connectivity index (χ2n) is 5.40. The Labute approximate surface area is 160 Å². The molecule has 0 saturated heterocycles. The Hall–Kier alpha value is -2.91. The molecule has 0 atom stereocenters. The van der Waals surface area contributed by atoms with E-state index in [4.69, 9.17) is 23.8 Å². The summed E-state index contributed by atoms with van der Waals surface area (Å²) >= 11 is 11.0. The van der Waals surface area contributed by atoms with Crippen LogP contribution in [0.15, 0.2) is 42.5 Å². The molecule has 8 nitrogen and oxygen atoms in total. The Balaban J connectivity index is 2.08. The highest BCUT2D eigenvalue weighted by Gasteiger charge is 2.18. The maximum Gasteiger partial charge on any atom is 0.272 e. The van der Waals surface area contributed by atoms with Crippen molar-refractivity contribution >= 4 is 51.9 Å². The number of rotatable bonds is 4. The predicted molar refractivity (Wildman–Crippen MR) is 106 cm³/mol. The second kappa shape index (κ2) is 8.45. The van der Waals surface area contributed by atoms with Gasteiger partial charge in [-0.2, -0.15) is 0 Å². The van der Waals surface area contributed by atoms with Crippen LogP contribution < -0.4 is 21.1 Å². The van der Waals surface area contributed by atoms with Crippen molar-refractivity contribution < 1.29 is 9.72 Å². The molecule has 0 aliphatic rings. The van der Waals surface area contributed by atoms with Gasteiger partial charge in [0.25, 0.3) is 11.6 Å². The van der Waals surface area contributed by atoms with Crippen LogP contribution in [0.2, 0.25) is 5.02 Å². The number of nitrogens with zero attached hydrogens (tertiary/aromatic N) is 2. The van der Waals surface area contributed by atoms with E-state index in [1.807, 2.05) is 0 Å². The number of thiocarbonyl (C=S) groups is 1. The molecule has 0 heterocycles. The fourth-order valence-corrected chi connectivity index (χ4v) is 2.48. The normalized spacial score (nSPS) is 9.96. The number of hydrogen-bond acceptors (Lipinski definition) is 5. The monoisotopic (exact) mass is 393 g/mol. The number of anilines is 2. The van der Waals surface area contributed by atoms with Crippen LogP contribution in [0.3, 0.4) is 0 Å². The lowest BCUT2D eigenvalue weighted by Gasteiger charge is -2.17. The van der Waals surface area contributed by atoms with Gasteiger partial charge in [-0.15, -0.1) is 0 Å². The van der Waals surface area contributed by atoms with Crippen LogP contribution in [0.25, 0.3) is 0 Å². The van der Waals surface area contributed by atoms with Crippen molar-refractivity contribution in [2.75, 3.05) is 24.3 Å². The van der Waals surface area contributed by atoms with E-state index >= 15 is 0 Å². The first-order valence-corrected chi connectivity index (χ1v) is 8.15. The molecule has 2 aromatic carbocycles. The summed E-state index contributed by atoms with van der Waals surface area (Å²) in [6.07, 6.45) is 0. The zero-order valence-corrected chi connectivity index (χ0v) is 15.5. The Morgan fingerprint density at radius 1 is 1.19 bits per heavy atom. The van der Waals surface area contributed by atoms with E-state index in [1.165, 1.54) is 18.2 Å². The molecule has 0 aromatic heterocycles. The molecule has 0 saturated carbocycles. The Morgan fingerprint density at radius 3 is 2.54 bits per heavy atom. The number of non-ortho nitro benzene ring substituents is 1. The molecule has 2 rings (SSSR count). The third-order valence-electron chi connectivity index (χ3n) is 3.29. The Morgan fingerprint density at radius 2 is 1.92 bits per heavy atom. The maximum atomic E-state index is 12.4. The van der Waals surface area contributed by atoms with E-state index in [2.05, 4.69) is 16.2 Å². The van der Waals surface area contributed by atoms with Gasteiger partial charge in [0, 0.05) is 42.6 Å². The molecule has 0 fully saturated rings. The quantitative estimate of drug-likeness (QED) is 0.417. The lowest BCUT2D eigenvalue weighted by atomic mass is 10.1. The van der Waals surface area contributed by atoms with E-state index in [9.17, 15) is 14.9 Å². The Kier molecular flexibility index (Phi) is 6.31. The van der Waals surface area contributed by atoms with Gasteiger partial charge >= 0.3 is 0 Å². The first-order chi connectivity index (χ1) is 12.3. The van der Waals surface area contributed by atoms with Crippen LogP contribution in [0, 0.1) is 10.1 Å². The van der Waals surface area contributed by atoms with Crippen LogP contribution in [0.1, 0.15) is 10.4 Å². The van der Waals surface area contributed by atoms with Gasteiger partial charge in [-0.1, -0.05) is 17.7 Å². The van der Waals surface area contributed by atoms with Crippen LogP contribution >= 0.6 is 23.8 Å². The highest BCUT2D eigenvalue weighted by molar-refractivity contribution is 7.80. The van der Waals surface area contributed by atoms with Crippen molar-refractivity contribution in [2.45, 2.75) is 0 Å². The number of carbonyl (C=O) groups excluding carboxylic acids is 1. The van der Waals surface area contributed by atoms with Crippen LogP contribution in [0.4, 0.5) is 17.1 Å². The number of carbonyl (C=O) groups is 1. The number of benzene rings is 2. The summed E-state index contributed by atoms with van der Waals surface area (Å²) in [4.78, 5) is 24.5. The molecule has 0 aliphatic heterocycles. The topological polar surface area (TPSA) is 99.5 Å². The highest BCUT2D eigenvalue weighted by Crippen LogP contribution is 2.24. The lowest BCUT2D eigenvalue weighted by Crippen LogP contribution is -2.44. The fraction of sp³-hybridized carbons (Fsp3) is 0.125. The summed E-state index contributed by atoms with van der Waals surface area (Å²) in [6.45, 7) is 0. The number of amides is 1. The largest absolute Gasteiger partial charge is 0.377 e. The summed E-state index contributed by atoms with van der Waals surface area (Å²) in [5.74, 6) is -0.562. The molecule has 0 aliphatic carbocycles. The molecule has 0 radical (unpaired) electrons. The van der Waals surface area contributed by atoms with Crippen molar-refractivity contribution in [1.82, 2.24) is 10.9 Å². The van der Waals surface area contributed by atoms with E-state index in [0.29, 0.717) is 16.4 Å². The number of nitrogens with one attached hydrogen (secondary N) is 3. The molecular formula is C16H16ClN5O3S. The molecule has 3 N–H and O–H groups in total. The van der Waals surface area contributed by atoms with Gasteiger partial charge in [0.15, 0.2) is 5.11 Å². The minimum atomic E-state index is -0.562. The van der Waals surface area contributed by atoms with Crippen LogP contribution in [-0.4, -0.2) is 30.0 Å². The van der Waals surface area contributed by atoms with Crippen molar-refractivity contribution in [1.29, 1.82) is 0 Å².